The molecule has 26 heavy (non-hydrogen) atoms. The molecule has 0 unspecified atom stereocenters. The molecular weight excluding hydrogens is 340 g/mol. The number of nitrogens with one attached hydrogen (secondary N) is 1. The van der Waals surface area contributed by atoms with Crippen LogP contribution in [0.5, 0.6) is 5.75 Å². The van der Waals surface area contributed by atoms with E-state index in [4.69, 9.17) is 0 Å². The van der Waals surface area contributed by atoms with Crippen LogP contribution in [0.2, 0.25) is 0 Å². The third kappa shape index (κ3) is 4.30. The summed E-state index contributed by atoms with van der Waals surface area (Å²) in [6.07, 6.45) is 4.95. The van der Waals surface area contributed by atoms with Crippen LogP contribution in [0.1, 0.15) is 45.1 Å². The first-order valence-corrected chi connectivity index (χ1v) is 10.5. The lowest BCUT2D eigenvalue weighted by molar-refractivity contribution is 0.476. The Morgan fingerprint density at radius 3 is 2.65 bits per heavy atom. The molecule has 2 aromatic heterocycles. The van der Waals surface area contributed by atoms with Gasteiger partial charge in [0.2, 0.25) is 0 Å². The lowest BCUT2D eigenvalue weighted by Crippen LogP contribution is -2.23. The molecule has 4 heteroatoms. The number of rotatable bonds is 9. The standard InChI is InChI=1S/C22H30N2OS/c1-16(2)23-12-6-4-5-7-13-24-20-11-10-18(25)15-19(20)17(3)22(24)21-9-8-14-26-21/h8-11,14-16,23,25H,4-7,12-13H2,1-3H3. The molecule has 0 amide bonds. The highest BCUT2D eigenvalue weighted by Gasteiger charge is 2.16. The molecule has 0 fully saturated rings. The van der Waals surface area contributed by atoms with Gasteiger partial charge < -0.3 is 15.0 Å². The quantitative estimate of drug-likeness (QED) is 0.457. The Hall–Kier alpha value is -1.78. The van der Waals surface area contributed by atoms with Crippen molar-refractivity contribution in [3.8, 4) is 16.3 Å². The Bertz CT molecular complexity index is 834. The molecule has 1 aromatic carbocycles. The van der Waals surface area contributed by atoms with E-state index in [0.717, 1.165) is 18.5 Å². The minimum absolute atomic E-state index is 0.341. The predicted octanol–water partition coefficient (Wildman–Crippen LogP) is 5.94. The number of aromatic nitrogens is 1. The van der Waals surface area contributed by atoms with E-state index in [1.165, 1.54) is 47.3 Å². The highest BCUT2D eigenvalue weighted by Crippen LogP contribution is 2.37. The van der Waals surface area contributed by atoms with Crippen molar-refractivity contribution < 1.29 is 5.11 Å². The zero-order valence-corrected chi connectivity index (χ0v) is 16.9. The van der Waals surface area contributed by atoms with Crippen molar-refractivity contribution in [2.45, 2.75) is 59.0 Å². The minimum atomic E-state index is 0.341. The van der Waals surface area contributed by atoms with Gasteiger partial charge in [0.15, 0.2) is 0 Å². The second-order valence-electron chi connectivity index (χ2n) is 7.33. The molecule has 140 valence electrons. The van der Waals surface area contributed by atoms with Gasteiger partial charge in [0.25, 0.3) is 0 Å². The number of fused-ring (bicyclic) bond motifs is 1. The fraction of sp³-hybridized carbons (Fsp3) is 0.455. The molecule has 0 spiro atoms. The van der Waals surface area contributed by atoms with Gasteiger partial charge in [-0.3, -0.25) is 0 Å². The maximum Gasteiger partial charge on any atom is 0.116 e. The lowest BCUT2D eigenvalue weighted by atomic mass is 10.1. The summed E-state index contributed by atoms with van der Waals surface area (Å²) in [7, 11) is 0. The van der Waals surface area contributed by atoms with Gasteiger partial charge in [-0.2, -0.15) is 0 Å². The maximum absolute atomic E-state index is 9.91. The number of aryl methyl sites for hydroxylation is 2. The van der Waals surface area contributed by atoms with E-state index >= 15 is 0 Å². The van der Waals surface area contributed by atoms with E-state index in [1.807, 2.05) is 6.07 Å². The molecule has 0 aliphatic rings. The molecule has 0 bridgehead atoms. The number of unbranched alkanes of at least 4 members (excludes halogenated alkanes) is 3. The molecular formula is C22H30N2OS. The highest BCUT2D eigenvalue weighted by atomic mass is 32.1. The zero-order chi connectivity index (χ0) is 18.5. The van der Waals surface area contributed by atoms with Crippen molar-refractivity contribution in [1.29, 1.82) is 0 Å². The summed E-state index contributed by atoms with van der Waals surface area (Å²) in [6.45, 7) is 8.71. The van der Waals surface area contributed by atoms with Crippen LogP contribution in [0.25, 0.3) is 21.5 Å². The van der Waals surface area contributed by atoms with Crippen LogP contribution in [-0.2, 0) is 6.54 Å². The minimum Gasteiger partial charge on any atom is -0.508 e. The SMILES string of the molecule is Cc1c(-c2cccs2)n(CCCCCCNC(C)C)c2ccc(O)cc12. The number of hydrogen-bond acceptors (Lipinski definition) is 3. The van der Waals surface area contributed by atoms with Crippen LogP contribution in [-0.4, -0.2) is 22.3 Å². The third-order valence-electron chi connectivity index (χ3n) is 4.92. The van der Waals surface area contributed by atoms with Gasteiger partial charge in [0.1, 0.15) is 5.75 Å². The van der Waals surface area contributed by atoms with Crippen LogP contribution < -0.4 is 5.32 Å². The molecule has 3 aromatic rings. The van der Waals surface area contributed by atoms with Crippen molar-refractivity contribution in [1.82, 2.24) is 9.88 Å². The maximum atomic E-state index is 9.91. The topological polar surface area (TPSA) is 37.2 Å². The fourth-order valence-electron chi connectivity index (χ4n) is 3.61. The monoisotopic (exact) mass is 370 g/mol. The predicted molar refractivity (Wildman–Crippen MR) is 113 cm³/mol. The molecule has 0 aliphatic carbocycles. The van der Waals surface area contributed by atoms with E-state index in [9.17, 15) is 5.11 Å². The van der Waals surface area contributed by atoms with Gasteiger partial charge in [0.05, 0.1) is 10.6 Å². The summed E-state index contributed by atoms with van der Waals surface area (Å²) in [5.74, 6) is 0.341. The summed E-state index contributed by atoms with van der Waals surface area (Å²) in [4.78, 5) is 1.30. The Labute approximate surface area is 160 Å². The molecule has 3 rings (SSSR count). The van der Waals surface area contributed by atoms with E-state index in [2.05, 4.69) is 54.2 Å². The van der Waals surface area contributed by atoms with Crippen LogP contribution in [0.3, 0.4) is 0 Å². The van der Waals surface area contributed by atoms with Crippen molar-refractivity contribution in [2.24, 2.45) is 0 Å². The van der Waals surface area contributed by atoms with Gasteiger partial charge in [-0.15, -0.1) is 11.3 Å². The number of phenolic OH excluding ortho intramolecular Hbond substituents is 1. The van der Waals surface area contributed by atoms with Gasteiger partial charge in [0, 0.05) is 23.5 Å². The first kappa shape index (κ1) is 19.0. The van der Waals surface area contributed by atoms with Crippen LogP contribution in [0, 0.1) is 6.92 Å². The second-order valence-corrected chi connectivity index (χ2v) is 8.27. The molecule has 2 N–H and O–H groups in total. The second kappa shape index (κ2) is 8.74. The van der Waals surface area contributed by atoms with E-state index in [0.29, 0.717) is 11.8 Å². The number of hydrogen-bond donors (Lipinski definition) is 2. The summed E-state index contributed by atoms with van der Waals surface area (Å²) in [5.41, 5.74) is 3.80. The van der Waals surface area contributed by atoms with Gasteiger partial charge in [-0.05, 0) is 61.5 Å². The number of nitrogens with zero attached hydrogens (tertiary/aromatic N) is 1. The average molecular weight is 371 g/mol. The number of phenols is 1. The van der Waals surface area contributed by atoms with Crippen molar-refractivity contribution in [2.75, 3.05) is 6.54 Å². The highest BCUT2D eigenvalue weighted by molar-refractivity contribution is 7.13. The van der Waals surface area contributed by atoms with Crippen molar-refractivity contribution in [3.05, 3.63) is 41.3 Å². The van der Waals surface area contributed by atoms with Crippen LogP contribution >= 0.6 is 11.3 Å². The number of benzene rings is 1. The molecule has 2 heterocycles. The van der Waals surface area contributed by atoms with E-state index < -0.39 is 0 Å². The molecule has 0 saturated heterocycles. The van der Waals surface area contributed by atoms with Gasteiger partial charge >= 0.3 is 0 Å². The van der Waals surface area contributed by atoms with E-state index in [-0.39, 0.29) is 0 Å². The first-order valence-electron chi connectivity index (χ1n) is 9.67. The number of aromatic hydroxyl groups is 1. The average Bonchev–Trinajstić information content (AvgIpc) is 3.21. The normalized spacial score (nSPS) is 11.7. The number of thiophene rings is 1. The summed E-state index contributed by atoms with van der Waals surface area (Å²) in [6, 6.07) is 10.6. The fourth-order valence-corrected chi connectivity index (χ4v) is 4.45. The van der Waals surface area contributed by atoms with E-state index in [1.54, 1.807) is 17.4 Å². The summed E-state index contributed by atoms with van der Waals surface area (Å²) in [5, 5.41) is 16.7. The van der Waals surface area contributed by atoms with Gasteiger partial charge in [-0.1, -0.05) is 32.8 Å². The largest absolute Gasteiger partial charge is 0.508 e. The Balaban J connectivity index is 1.73. The van der Waals surface area contributed by atoms with Gasteiger partial charge in [-0.25, -0.2) is 0 Å². The molecule has 0 saturated carbocycles. The Morgan fingerprint density at radius 2 is 1.92 bits per heavy atom. The molecule has 0 aliphatic heterocycles. The van der Waals surface area contributed by atoms with Crippen molar-refractivity contribution >= 4 is 22.2 Å². The van der Waals surface area contributed by atoms with Crippen LogP contribution in [0.15, 0.2) is 35.7 Å². The third-order valence-corrected chi connectivity index (χ3v) is 5.79. The van der Waals surface area contributed by atoms with Crippen LogP contribution in [0.4, 0.5) is 0 Å². The summed E-state index contributed by atoms with van der Waals surface area (Å²) < 4.78 is 2.45. The van der Waals surface area contributed by atoms with Crippen molar-refractivity contribution in [3.63, 3.8) is 0 Å². The molecule has 0 atom stereocenters. The summed E-state index contributed by atoms with van der Waals surface area (Å²) >= 11 is 1.79. The zero-order valence-electron chi connectivity index (χ0n) is 16.1. The first-order chi connectivity index (χ1) is 12.6. The smallest absolute Gasteiger partial charge is 0.116 e. The molecule has 0 radical (unpaired) electrons. The Kier molecular flexibility index (Phi) is 6.38. The lowest BCUT2D eigenvalue weighted by Gasteiger charge is -2.11. The Morgan fingerprint density at radius 1 is 1.12 bits per heavy atom. The molecule has 3 nitrogen and oxygen atoms in total.